The van der Waals surface area contributed by atoms with Crippen molar-refractivity contribution in [3.63, 3.8) is 0 Å². The average Bonchev–Trinajstić information content (AvgIpc) is 3.36. The van der Waals surface area contributed by atoms with Crippen molar-refractivity contribution in [2.45, 2.75) is 280 Å². The van der Waals surface area contributed by atoms with E-state index in [9.17, 15) is 40.5 Å². The molecule has 2 aliphatic rings. The summed E-state index contributed by atoms with van der Waals surface area (Å²) in [5.41, 5.74) is 0. The standard InChI is InChI=1S/C56H102O14/c1-3-5-7-9-11-13-15-17-19-21-22-24-26-28-30-32-34-36-38-40-65-42-45(68-48(58)39-37-35-33-31-29-27-25-23-20-18-16-14-12-10-8-6-4-2)43-66-55-54(64)52(62)50(60)47(70-55)44-67-56-53(63)51(61)49(59)46(41-57)69-56/h6,8,12,14,18,20,45-47,49-57,59-64H,3-5,7,9-11,13,15-17,19,21-44H2,1-2H3/b8-6-,14-12-,20-18-. The van der Waals surface area contributed by atoms with Gasteiger partial charge in [0, 0.05) is 13.0 Å². The molecular formula is C56H102O14. The van der Waals surface area contributed by atoms with E-state index in [2.05, 4.69) is 50.3 Å². The van der Waals surface area contributed by atoms with Gasteiger partial charge in [0.1, 0.15) is 54.9 Å². The van der Waals surface area contributed by atoms with Crippen LogP contribution < -0.4 is 0 Å². The molecular weight excluding hydrogens is 897 g/mol. The zero-order chi connectivity index (χ0) is 50.9. The summed E-state index contributed by atoms with van der Waals surface area (Å²) < 4.78 is 34.4. The van der Waals surface area contributed by atoms with Gasteiger partial charge in [-0.05, 0) is 44.9 Å². The van der Waals surface area contributed by atoms with Gasteiger partial charge in [0.05, 0.1) is 26.4 Å². The van der Waals surface area contributed by atoms with Crippen LogP contribution in [-0.2, 0) is 33.2 Å². The maximum absolute atomic E-state index is 13.0. The molecule has 7 N–H and O–H groups in total. The molecule has 0 aromatic rings. The van der Waals surface area contributed by atoms with Crippen LogP contribution in [0.2, 0.25) is 0 Å². The number of hydrogen-bond donors (Lipinski definition) is 7. The van der Waals surface area contributed by atoms with Gasteiger partial charge in [-0.1, -0.05) is 198 Å². The predicted octanol–water partition coefficient (Wildman–Crippen LogP) is 9.36. The van der Waals surface area contributed by atoms with Gasteiger partial charge in [0.25, 0.3) is 0 Å². The molecule has 14 heteroatoms. The van der Waals surface area contributed by atoms with Crippen LogP contribution >= 0.6 is 0 Å². The highest BCUT2D eigenvalue weighted by atomic mass is 16.7. The molecule has 0 aromatic heterocycles. The zero-order valence-corrected chi connectivity index (χ0v) is 43.8. The van der Waals surface area contributed by atoms with Crippen LogP contribution in [-0.4, -0.2) is 142 Å². The number of aliphatic hydroxyl groups excluding tert-OH is 7. The largest absolute Gasteiger partial charge is 0.457 e. The lowest BCUT2D eigenvalue weighted by atomic mass is 9.98. The Bertz CT molecular complexity index is 1300. The first kappa shape index (κ1) is 64.3. The Kier molecular flexibility index (Phi) is 40.1. The Morgan fingerprint density at radius 1 is 0.486 bits per heavy atom. The van der Waals surface area contributed by atoms with Crippen molar-refractivity contribution in [3.8, 4) is 0 Å². The van der Waals surface area contributed by atoms with Gasteiger partial charge >= 0.3 is 5.97 Å². The maximum Gasteiger partial charge on any atom is 0.306 e. The van der Waals surface area contributed by atoms with Crippen molar-refractivity contribution >= 4 is 5.97 Å². The molecule has 0 spiro atoms. The van der Waals surface area contributed by atoms with E-state index in [0.29, 0.717) is 13.0 Å². The number of allylic oxidation sites excluding steroid dienone is 6. The molecule has 2 rings (SSSR count). The Hall–Kier alpha value is -1.79. The summed E-state index contributed by atoms with van der Waals surface area (Å²) in [7, 11) is 0. The molecule has 0 aliphatic carbocycles. The molecule has 11 unspecified atom stereocenters. The number of carbonyl (C=O) groups is 1. The van der Waals surface area contributed by atoms with E-state index in [-0.39, 0.29) is 25.6 Å². The maximum atomic E-state index is 13.0. The number of aliphatic hydroxyl groups is 7. The molecule has 2 aliphatic heterocycles. The number of hydrogen-bond acceptors (Lipinski definition) is 14. The Labute approximate surface area is 423 Å². The monoisotopic (exact) mass is 999 g/mol. The quantitative estimate of drug-likeness (QED) is 0.0172. The molecule has 2 fully saturated rings. The van der Waals surface area contributed by atoms with Crippen molar-refractivity contribution < 1.29 is 69.0 Å². The smallest absolute Gasteiger partial charge is 0.306 e. The first-order valence-corrected chi connectivity index (χ1v) is 28.1. The third-order valence-corrected chi connectivity index (χ3v) is 13.4. The van der Waals surface area contributed by atoms with Crippen molar-refractivity contribution in [1.29, 1.82) is 0 Å². The predicted molar refractivity (Wildman–Crippen MR) is 275 cm³/mol. The molecule has 0 amide bonds. The fourth-order valence-electron chi connectivity index (χ4n) is 8.89. The van der Waals surface area contributed by atoms with Crippen LogP contribution in [0, 0.1) is 0 Å². The fourth-order valence-corrected chi connectivity index (χ4v) is 8.89. The van der Waals surface area contributed by atoms with Crippen molar-refractivity contribution in [1.82, 2.24) is 0 Å². The SMILES string of the molecule is CC/C=C\C/C=C\C/C=C\CCCCCCCCCC(=O)OC(COCCCCCCCCCCCCCCCCCCCCC)COC1OC(COC2OC(CO)C(O)C(O)C2O)C(O)C(O)C1O. The summed E-state index contributed by atoms with van der Waals surface area (Å²) in [6.07, 6.45) is 33.4. The van der Waals surface area contributed by atoms with E-state index >= 15 is 0 Å². The van der Waals surface area contributed by atoms with E-state index in [0.717, 1.165) is 64.2 Å². The van der Waals surface area contributed by atoms with E-state index < -0.39 is 80.7 Å². The number of esters is 1. The summed E-state index contributed by atoms with van der Waals surface area (Å²) >= 11 is 0. The molecule has 14 nitrogen and oxygen atoms in total. The lowest BCUT2D eigenvalue weighted by Crippen LogP contribution is -2.61. The molecule has 2 saturated heterocycles. The number of rotatable bonds is 45. The topological polar surface area (TPSA) is 214 Å². The van der Waals surface area contributed by atoms with Crippen LogP contribution in [0.25, 0.3) is 0 Å². The summed E-state index contributed by atoms with van der Waals surface area (Å²) in [5.74, 6) is -0.383. The molecule has 410 valence electrons. The molecule has 70 heavy (non-hydrogen) atoms. The van der Waals surface area contributed by atoms with Gasteiger partial charge in [-0.2, -0.15) is 0 Å². The van der Waals surface area contributed by atoms with E-state index in [1.807, 2.05) is 0 Å². The number of carbonyl (C=O) groups excluding carboxylic acids is 1. The third kappa shape index (κ3) is 30.4. The number of unbranched alkanes of at least 4 members (excludes halogenated alkanes) is 25. The Morgan fingerprint density at radius 2 is 0.929 bits per heavy atom. The minimum absolute atomic E-state index is 0.0605. The van der Waals surface area contributed by atoms with Gasteiger partial charge in [0.15, 0.2) is 12.6 Å². The molecule has 0 radical (unpaired) electrons. The second-order valence-corrected chi connectivity index (χ2v) is 19.7. The minimum Gasteiger partial charge on any atom is -0.457 e. The van der Waals surface area contributed by atoms with Crippen molar-refractivity contribution in [3.05, 3.63) is 36.5 Å². The van der Waals surface area contributed by atoms with Crippen LogP contribution in [0.5, 0.6) is 0 Å². The van der Waals surface area contributed by atoms with Crippen LogP contribution in [0.1, 0.15) is 213 Å². The fraction of sp³-hybridized carbons (Fsp3) is 0.875. The van der Waals surface area contributed by atoms with Gasteiger partial charge in [-0.25, -0.2) is 0 Å². The van der Waals surface area contributed by atoms with Gasteiger partial charge in [0.2, 0.25) is 0 Å². The zero-order valence-electron chi connectivity index (χ0n) is 43.8. The number of ether oxygens (including phenoxy) is 6. The molecule has 0 aromatic carbocycles. The van der Waals surface area contributed by atoms with Crippen molar-refractivity contribution in [2.24, 2.45) is 0 Å². The minimum atomic E-state index is -1.71. The molecule has 11 atom stereocenters. The van der Waals surface area contributed by atoms with Gasteiger partial charge < -0.3 is 64.2 Å². The second kappa shape index (κ2) is 43.6. The second-order valence-electron chi connectivity index (χ2n) is 19.7. The lowest BCUT2D eigenvalue weighted by Gasteiger charge is -2.42. The third-order valence-electron chi connectivity index (χ3n) is 13.4. The first-order valence-electron chi connectivity index (χ1n) is 28.1. The summed E-state index contributed by atoms with van der Waals surface area (Å²) in [6.45, 7) is 3.60. The van der Waals surface area contributed by atoms with E-state index in [1.54, 1.807) is 0 Å². The highest BCUT2D eigenvalue weighted by molar-refractivity contribution is 5.69. The normalized spacial score (nSPS) is 25.7. The summed E-state index contributed by atoms with van der Waals surface area (Å²) in [4.78, 5) is 13.0. The van der Waals surface area contributed by atoms with Crippen LogP contribution in [0.3, 0.4) is 0 Å². The van der Waals surface area contributed by atoms with Crippen LogP contribution in [0.15, 0.2) is 36.5 Å². The molecule has 0 saturated carbocycles. The van der Waals surface area contributed by atoms with E-state index in [1.165, 1.54) is 122 Å². The summed E-state index contributed by atoms with van der Waals surface area (Å²) in [5, 5.41) is 72.3. The Morgan fingerprint density at radius 3 is 1.46 bits per heavy atom. The van der Waals surface area contributed by atoms with Gasteiger partial charge in [-0.15, -0.1) is 0 Å². The highest BCUT2D eigenvalue weighted by Crippen LogP contribution is 2.27. The van der Waals surface area contributed by atoms with E-state index in [4.69, 9.17) is 28.4 Å². The highest BCUT2D eigenvalue weighted by Gasteiger charge is 2.47. The van der Waals surface area contributed by atoms with Gasteiger partial charge in [-0.3, -0.25) is 4.79 Å². The Balaban J connectivity index is 1.73. The first-order chi connectivity index (χ1) is 34.1. The molecule has 0 bridgehead atoms. The van der Waals surface area contributed by atoms with Crippen LogP contribution in [0.4, 0.5) is 0 Å². The summed E-state index contributed by atoms with van der Waals surface area (Å²) in [6, 6.07) is 0. The molecule has 2 heterocycles. The lowest BCUT2D eigenvalue weighted by molar-refractivity contribution is -0.332. The van der Waals surface area contributed by atoms with Crippen molar-refractivity contribution in [2.75, 3.05) is 33.0 Å². The average molecular weight is 999 g/mol.